The Hall–Kier alpha value is -1.38. The lowest BCUT2D eigenvalue weighted by molar-refractivity contribution is 0.0970. The summed E-state index contributed by atoms with van der Waals surface area (Å²) in [6.45, 7) is 2.27. The van der Waals surface area contributed by atoms with E-state index in [0.29, 0.717) is 12.2 Å². The number of hydrogen-bond acceptors (Lipinski definition) is 2. The number of aromatic amines is 1. The lowest BCUT2D eigenvalue weighted by atomic mass is 10.1. The van der Waals surface area contributed by atoms with E-state index in [1.165, 1.54) is 70.6 Å². The fourth-order valence-corrected chi connectivity index (χ4v) is 2.89. The van der Waals surface area contributed by atoms with Crippen LogP contribution in [0.5, 0.6) is 0 Å². The van der Waals surface area contributed by atoms with Crippen molar-refractivity contribution in [3.05, 3.63) is 30.4 Å². The number of hydrogen-bond donors (Lipinski definition) is 1. The number of carbonyl (C=O) groups excluding carboxylic acids is 1. The zero-order chi connectivity index (χ0) is 17.3. The first kappa shape index (κ1) is 20.7. The highest BCUT2D eigenvalue weighted by molar-refractivity contribution is 5.92. The van der Waals surface area contributed by atoms with Gasteiger partial charge < -0.3 is 4.98 Å². The molecule has 0 spiro atoms. The predicted octanol–water partition coefficient (Wildman–Crippen LogP) is 6.63. The molecule has 1 rings (SSSR count). The largest absolute Gasteiger partial charge is 0.342 e. The summed E-state index contributed by atoms with van der Waals surface area (Å²) in [5.74, 6) is 0.642. The molecule has 24 heavy (non-hydrogen) atoms. The second kappa shape index (κ2) is 15.2. The van der Waals surface area contributed by atoms with Crippen molar-refractivity contribution in [1.29, 1.82) is 0 Å². The minimum absolute atomic E-state index is 0.137. The number of H-pyrrole nitrogens is 1. The van der Waals surface area contributed by atoms with Gasteiger partial charge in [0.2, 0.25) is 0 Å². The summed E-state index contributed by atoms with van der Waals surface area (Å²) in [5.41, 5.74) is 0. The molecule has 0 unspecified atom stereocenters. The highest BCUT2D eigenvalue weighted by Gasteiger charge is 2.06. The minimum atomic E-state index is 0.137. The van der Waals surface area contributed by atoms with E-state index < -0.39 is 0 Å². The molecule has 0 aliphatic rings. The van der Waals surface area contributed by atoms with Crippen LogP contribution < -0.4 is 0 Å². The molecule has 0 bridgehead atoms. The second-order valence-corrected chi connectivity index (χ2v) is 6.70. The molecule has 0 aromatic carbocycles. The first-order valence-electron chi connectivity index (χ1n) is 10.0. The molecule has 0 saturated carbocycles. The predicted molar refractivity (Wildman–Crippen MR) is 102 cm³/mol. The van der Waals surface area contributed by atoms with Crippen molar-refractivity contribution in [2.24, 2.45) is 0 Å². The fourth-order valence-electron chi connectivity index (χ4n) is 2.89. The number of aromatic nitrogens is 2. The Balaban J connectivity index is 1.80. The maximum Gasteiger partial charge on any atom is 0.198 e. The zero-order valence-corrected chi connectivity index (χ0v) is 15.6. The molecule has 0 amide bonds. The van der Waals surface area contributed by atoms with E-state index in [2.05, 4.69) is 29.0 Å². The first-order valence-corrected chi connectivity index (χ1v) is 10.0. The van der Waals surface area contributed by atoms with Gasteiger partial charge in [-0.1, -0.05) is 70.4 Å². The van der Waals surface area contributed by atoms with Crippen molar-refractivity contribution >= 4 is 5.78 Å². The summed E-state index contributed by atoms with van der Waals surface area (Å²) in [6.07, 6.45) is 25.3. The Kier molecular flexibility index (Phi) is 13.1. The number of unbranched alkanes of at least 4 members (excludes halogenated alkanes) is 11. The van der Waals surface area contributed by atoms with Crippen molar-refractivity contribution in [3.63, 3.8) is 0 Å². The van der Waals surface area contributed by atoms with E-state index in [1.807, 2.05) is 0 Å². The Morgan fingerprint density at radius 2 is 1.50 bits per heavy atom. The maximum absolute atomic E-state index is 11.7. The van der Waals surface area contributed by atoms with Crippen LogP contribution in [-0.4, -0.2) is 15.8 Å². The summed E-state index contributed by atoms with van der Waals surface area (Å²) in [5, 5.41) is 0. The maximum atomic E-state index is 11.7. The molecule has 1 heterocycles. The molecular weight excluding hydrogens is 296 g/mol. The Bertz CT molecular complexity index is 423. The lowest BCUT2D eigenvalue weighted by Crippen LogP contribution is -2.01. The minimum Gasteiger partial charge on any atom is -0.342 e. The number of nitrogens with zero attached hydrogens (tertiary/aromatic N) is 1. The molecule has 0 radical (unpaired) electrons. The Morgan fingerprint density at radius 1 is 0.917 bits per heavy atom. The molecule has 0 atom stereocenters. The topological polar surface area (TPSA) is 45.8 Å². The number of Topliss-reactive ketones (excluding diaryl/α,β-unsaturated/α-hetero) is 1. The number of allylic oxidation sites excluding steroid dienone is 2. The van der Waals surface area contributed by atoms with Crippen LogP contribution >= 0.6 is 0 Å². The molecule has 136 valence electrons. The molecular formula is C21H36N2O. The van der Waals surface area contributed by atoms with E-state index in [9.17, 15) is 4.79 Å². The molecule has 3 heteroatoms. The van der Waals surface area contributed by atoms with E-state index in [1.54, 1.807) is 12.4 Å². The summed E-state index contributed by atoms with van der Waals surface area (Å²) in [4.78, 5) is 18.6. The van der Waals surface area contributed by atoms with Gasteiger partial charge >= 0.3 is 0 Å². The molecule has 3 nitrogen and oxygen atoms in total. The quantitative estimate of drug-likeness (QED) is 0.210. The lowest BCUT2D eigenvalue weighted by Gasteiger charge is -2.00. The summed E-state index contributed by atoms with van der Waals surface area (Å²) < 4.78 is 0. The highest BCUT2D eigenvalue weighted by atomic mass is 16.1. The van der Waals surface area contributed by atoms with Gasteiger partial charge in [-0.3, -0.25) is 4.79 Å². The summed E-state index contributed by atoms with van der Waals surface area (Å²) >= 11 is 0. The number of carbonyl (C=O) groups is 1. The monoisotopic (exact) mass is 332 g/mol. The van der Waals surface area contributed by atoms with Gasteiger partial charge in [0.15, 0.2) is 11.6 Å². The average molecular weight is 333 g/mol. The van der Waals surface area contributed by atoms with Crippen LogP contribution in [0.1, 0.15) is 107 Å². The molecule has 1 aromatic rings. The molecule has 0 aliphatic carbocycles. The van der Waals surface area contributed by atoms with Crippen molar-refractivity contribution in [2.75, 3.05) is 0 Å². The van der Waals surface area contributed by atoms with Crippen LogP contribution in [0.3, 0.4) is 0 Å². The van der Waals surface area contributed by atoms with E-state index in [-0.39, 0.29) is 5.78 Å². The van der Waals surface area contributed by atoms with Gasteiger partial charge in [0, 0.05) is 18.8 Å². The van der Waals surface area contributed by atoms with Gasteiger partial charge in [0.05, 0.1) is 0 Å². The number of nitrogens with one attached hydrogen (secondary N) is 1. The van der Waals surface area contributed by atoms with Crippen LogP contribution in [0.4, 0.5) is 0 Å². The normalized spacial score (nSPS) is 11.4. The van der Waals surface area contributed by atoms with Crippen molar-refractivity contribution in [3.8, 4) is 0 Å². The van der Waals surface area contributed by atoms with Gasteiger partial charge in [0.1, 0.15) is 0 Å². The van der Waals surface area contributed by atoms with Gasteiger partial charge in [-0.25, -0.2) is 4.98 Å². The Morgan fingerprint density at radius 3 is 2.08 bits per heavy atom. The molecule has 1 N–H and O–H groups in total. The fraction of sp³-hybridized carbons (Fsp3) is 0.714. The highest BCUT2D eigenvalue weighted by Crippen LogP contribution is 2.10. The van der Waals surface area contributed by atoms with Gasteiger partial charge in [0.25, 0.3) is 0 Å². The Labute approximate surface area is 148 Å². The van der Waals surface area contributed by atoms with Crippen LogP contribution in [0.2, 0.25) is 0 Å². The van der Waals surface area contributed by atoms with Crippen LogP contribution in [0.25, 0.3) is 0 Å². The molecule has 0 saturated heterocycles. The first-order chi connectivity index (χ1) is 11.8. The zero-order valence-electron chi connectivity index (χ0n) is 15.6. The smallest absolute Gasteiger partial charge is 0.198 e. The van der Waals surface area contributed by atoms with Crippen LogP contribution in [0, 0.1) is 0 Å². The molecule has 0 fully saturated rings. The third-order valence-electron chi connectivity index (χ3n) is 4.43. The van der Waals surface area contributed by atoms with E-state index in [0.717, 1.165) is 12.8 Å². The van der Waals surface area contributed by atoms with E-state index in [4.69, 9.17) is 0 Å². The second-order valence-electron chi connectivity index (χ2n) is 6.70. The SMILES string of the molecule is CCCCCCCCC=CCCCCCCCC(=O)c1ncc[nH]1. The molecule has 1 aromatic heterocycles. The van der Waals surface area contributed by atoms with Gasteiger partial charge in [-0.05, 0) is 32.1 Å². The van der Waals surface area contributed by atoms with Crippen LogP contribution in [0.15, 0.2) is 24.5 Å². The summed E-state index contributed by atoms with van der Waals surface area (Å²) in [7, 11) is 0. The molecule has 0 aliphatic heterocycles. The standard InChI is InChI=1S/C21H36N2O/c1-2-3-4-5-6-7-8-9-10-11-12-13-14-15-16-17-20(24)21-22-18-19-23-21/h9-10,18-19H,2-8,11-17H2,1H3,(H,22,23). The number of imidazole rings is 1. The van der Waals surface area contributed by atoms with Gasteiger partial charge in [-0.15, -0.1) is 0 Å². The third-order valence-corrected chi connectivity index (χ3v) is 4.43. The van der Waals surface area contributed by atoms with Crippen molar-refractivity contribution < 1.29 is 4.79 Å². The van der Waals surface area contributed by atoms with Crippen molar-refractivity contribution in [2.45, 2.75) is 96.8 Å². The van der Waals surface area contributed by atoms with E-state index >= 15 is 0 Å². The average Bonchev–Trinajstić information content (AvgIpc) is 3.13. The van der Waals surface area contributed by atoms with Gasteiger partial charge in [-0.2, -0.15) is 0 Å². The van der Waals surface area contributed by atoms with Crippen LogP contribution in [-0.2, 0) is 0 Å². The number of rotatable bonds is 16. The number of ketones is 1. The van der Waals surface area contributed by atoms with Crippen molar-refractivity contribution in [1.82, 2.24) is 9.97 Å². The third kappa shape index (κ3) is 11.2. The summed E-state index contributed by atoms with van der Waals surface area (Å²) in [6, 6.07) is 0.